The highest BCUT2D eigenvalue weighted by molar-refractivity contribution is 7.14. The molecule has 0 amide bonds. The minimum absolute atomic E-state index is 0.250. The summed E-state index contributed by atoms with van der Waals surface area (Å²) in [6, 6.07) is 0. The van der Waals surface area contributed by atoms with Gasteiger partial charge < -0.3 is 4.74 Å². The van der Waals surface area contributed by atoms with Crippen LogP contribution >= 0.6 is 22.9 Å². The van der Waals surface area contributed by atoms with E-state index in [0.29, 0.717) is 10.9 Å². The summed E-state index contributed by atoms with van der Waals surface area (Å²) in [6.45, 7) is 0.311. The van der Waals surface area contributed by atoms with Crippen molar-refractivity contribution in [2.24, 2.45) is 0 Å². The van der Waals surface area contributed by atoms with Gasteiger partial charge in [0.15, 0.2) is 4.47 Å². The first-order valence-electron chi connectivity index (χ1n) is 2.04. The summed E-state index contributed by atoms with van der Waals surface area (Å²) < 4.78 is 4.73. The maximum Gasteiger partial charge on any atom is 0.299 e. The molecule has 0 saturated carbocycles. The second-order valence-corrected chi connectivity index (χ2v) is 2.59. The molecule has 1 rings (SSSR count). The van der Waals surface area contributed by atoms with E-state index in [1.165, 1.54) is 11.3 Å². The van der Waals surface area contributed by atoms with Crippen molar-refractivity contribution < 1.29 is 9.53 Å². The van der Waals surface area contributed by atoms with E-state index in [4.69, 9.17) is 11.6 Å². The summed E-state index contributed by atoms with van der Waals surface area (Å²) in [4.78, 5) is 13.3. The van der Waals surface area contributed by atoms with Crippen LogP contribution in [0.15, 0.2) is 5.38 Å². The van der Waals surface area contributed by atoms with Gasteiger partial charge in [0.05, 0.1) is 5.38 Å². The SMILES string of the molecule is O=COc1csc(Cl)n1. The summed E-state index contributed by atoms with van der Waals surface area (Å²) in [6.07, 6.45) is 0. The lowest BCUT2D eigenvalue weighted by Gasteiger charge is -1.83. The topological polar surface area (TPSA) is 39.2 Å². The molecular formula is C4H2ClNO2S. The molecule has 0 aliphatic heterocycles. The smallest absolute Gasteiger partial charge is 0.299 e. The molecule has 0 aromatic carbocycles. The third-order valence-electron chi connectivity index (χ3n) is 0.624. The number of carbonyl (C=O) groups is 1. The van der Waals surface area contributed by atoms with Crippen LogP contribution in [0.3, 0.4) is 0 Å². The molecule has 0 aliphatic rings. The first-order valence-corrected chi connectivity index (χ1v) is 3.30. The number of hydrogen-bond donors (Lipinski definition) is 0. The molecule has 0 atom stereocenters. The van der Waals surface area contributed by atoms with Crippen molar-refractivity contribution in [2.75, 3.05) is 0 Å². The minimum atomic E-state index is 0.250. The quantitative estimate of drug-likeness (QED) is 0.618. The van der Waals surface area contributed by atoms with E-state index < -0.39 is 0 Å². The van der Waals surface area contributed by atoms with Crippen LogP contribution in [0, 0.1) is 0 Å². The summed E-state index contributed by atoms with van der Waals surface area (Å²) in [5.41, 5.74) is 0. The predicted octanol–water partition coefficient (Wildman–Crippen LogP) is 1.33. The Morgan fingerprint density at radius 2 is 2.67 bits per heavy atom. The normalized spacial score (nSPS) is 9.00. The fraction of sp³-hybridized carbons (Fsp3) is 0. The molecule has 0 unspecified atom stereocenters. The highest BCUT2D eigenvalue weighted by Crippen LogP contribution is 2.19. The zero-order chi connectivity index (χ0) is 6.69. The second kappa shape index (κ2) is 2.80. The first-order chi connectivity index (χ1) is 4.33. The maximum absolute atomic E-state index is 9.68. The largest absolute Gasteiger partial charge is 0.409 e. The van der Waals surface area contributed by atoms with Crippen LogP contribution in [0.5, 0.6) is 5.88 Å². The van der Waals surface area contributed by atoms with Gasteiger partial charge in [0.25, 0.3) is 6.47 Å². The number of ether oxygens (including phenoxy) is 1. The van der Waals surface area contributed by atoms with Gasteiger partial charge in [-0.05, 0) is 0 Å². The molecule has 0 saturated heterocycles. The molecule has 0 N–H and O–H groups in total. The lowest BCUT2D eigenvalue weighted by molar-refractivity contribution is -0.120. The van der Waals surface area contributed by atoms with E-state index in [-0.39, 0.29) is 5.88 Å². The summed E-state index contributed by atoms with van der Waals surface area (Å²) in [5, 5.41) is 1.55. The zero-order valence-electron chi connectivity index (χ0n) is 4.20. The van der Waals surface area contributed by atoms with E-state index in [9.17, 15) is 4.79 Å². The molecule has 1 heterocycles. The van der Waals surface area contributed by atoms with Gasteiger partial charge >= 0.3 is 0 Å². The molecule has 0 aliphatic carbocycles. The molecule has 5 heteroatoms. The van der Waals surface area contributed by atoms with Crippen molar-refractivity contribution in [3.63, 3.8) is 0 Å². The van der Waals surface area contributed by atoms with Gasteiger partial charge in [0, 0.05) is 0 Å². The van der Waals surface area contributed by atoms with Gasteiger partial charge in [-0.3, -0.25) is 4.79 Å². The number of nitrogens with zero attached hydrogens (tertiary/aromatic N) is 1. The summed E-state index contributed by atoms with van der Waals surface area (Å²) in [7, 11) is 0. The van der Waals surface area contributed by atoms with Gasteiger partial charge in [0.2, 0.25) is 5.88 Å². The Kier molecular flexibility index (Phi) is 2.02. The molecule has 0 fully saturated rings. The van der Waals surface area contributed by atoms with E-state index in [0.717, 1.165) is 0 Å². The van der Waals surface area contributed by atoms with Crippen molar-refractivity contribution in [3.8, 4) is 5.88 Å². The third-order valence-corrected chi connectivity index (χ3v) is 1.58. The van der Waals surface area contributed by atoms with Gasteiger partial charge in [0.1, 0.15) is 0 Å². The zero-order valence-corrected chi connectivity index (χ0v) is 5.78. The number of hydrogen-bond acceptors (Lipinski definition) is 4. The Morgan fingerprint density at radius 1 is 1.89 bits per heavy atom. The Hall–Kier alpha value is -0.610. The standard InChI is InChI=1S/C4H2ClNO2S/c5-4-6-3(1-9-4)8-2-7/h1-2H. The molecule has 9 heavy (non-hydrogen) atoms. The third kappa shape index (κ3) is 1.65. The lowest BCUT2D eigenvalue weighted by Crippen LogP contribution is -1.86. The van der Waals surface area contributed by atoms with Crippen molar-refractivity contribution in [3.05, 3.63) is 9.85 Å². The van der Waals surface area contributed by atoms with E-state index >= 15 is 0 Å². The predicted molar refractivity (Wildman–Crippen MR) is 33.8 cm³/mol. The van der Waals surface area contributed by atoms with Crippen LogP contribution in [0.25, 0.3) is 0 Å². The fourth-order valence-electron chi connectivity index (χ4n) is 0.342. The average molecular weight is 164 g/mol. The van der Waals surface area contributed by atoms with Crippen LogP contribution in [-0.2, 0) is 4.79 Å². The Balaban J connectivity index is 2.72. The van der Waals surface area contributed by atoms with Gasteiger partial charge in [-0.25, -0.2) is 0 Å². The van der Waals surface area contributed by atoms with Gasteiger partial charge in [-0.15, -0.1) is 11.3 Å². The molecule has 0 bridgehead atoms. The molecule has 1 aromatic heterocycles. The van der Waals surface area contributed by atoms with Gasteiger partial charge in [-0.1, -0.05) is 11.6 Å². The van der Waals surface area contributed by atoms with Crippen molar-refractivity contribution in [2.45, 2.75) is 0 Å². The van der Waals surface area contributed by atoms with Crippen LogP contribution in [-0.4, -0.2) is 11.5 Å². The van der Waals surface area contributed by atoms with Crippen LogP contribution in [0.4, 0.5) is 0 Å². The summed E-state index contributed by atoms with van der Waals surface area (Å²) in [5.74, 6) is 0.250. The lowest BCUT2D eigenvalue weighted by atomic mass is 10.9. The molecule has 3 nitrogen and oxygen atoms in total. The van der Waals surface area contributed by atoms with Crippen molar-refractivity contribution >= 4 is 29.4 Å². The van der Waals surface area contributed by atoms with Crippen molar-refractivity contribution in [1.29, 1.82) is 0 Å². The highest BCUT2D eigenvalue weighted by Gasteiger charge is 1.96. The molecule has 48 valence electrons. The fourth-order valence-corrected chi connectivity index (χ4v) is 1.01. The monoisotopic (exact) mass is 163 g/mol. The van der Waals surface area contributed by atoms with Crippen molar-refractivity contribution in [1.82, 2.24) is 4.98 Å². The van der Waals surface area contributed by atoms with Crippen LogP contribution < -0.4 is 4.74 Å². The minimum Gasteiger partial charge on any atom is -0.409 e. The number of aromatic nitrogens is 1. The number of rotatable bonds is 2. The summed E-state index contributed by atoms with van der Waals surface area (Å²) >= 11 is 6.62. The van der Waals surface area contributed by atoms with Gasteiger partial charge in [-0.2, -0.15) is 4.98 Å². The Morgan fingerprint density at radius 3 is 3.11 bits per heavy atom. The maximum atomic E-state index is 9.68. The molecule has 0 spiro atoms. The number of carbonyl (C=O) groups excluding carboxylic acids is 1. The Labute approximate surface area is 60.2 Å². The highest BCUT2D eigenvalue weighted by atomic mass is 35.5. The van der Waals surface area contributed by atoms with E-state index in [2.05, 4.69) is 9.72 Å². The molecule has 0 radical (unpaired) electrons. The Bertz CT molecular complexity index is 212. The number of thiazole rings is 1. The molecular weight excluding hydrogens is 162 g/mol. The average Bonchev–Trinajstić information content (AvgIpc) is 2.17. The molecule has 1 aromatic rings. The van der Waals surface area contributed by atoms with E-state index in [1.807, 2.05) is 0 Å². The van der Waals surface area contributed by atoms with Crippen LogP contribution in [0.1, 0.15) is 0 Å². The van der Waals surface area contributed by atoms with E-state index in [1.54, 1.807) is 5.38 Å². The van der Waals surface area contributed by atoms with Crippen LogP contribution in [0.2, 0.25) is 4.47 Å². The second-order valence-electron chi connectivity index (χ2n) is 1.15. The first kappa shape index (κ1) is 6.51. The number of halogens is 1.